The van der Waals surface area contributed by atoms with Gasteiger partial charge in [-0.1, -0.05) is 0 Å². The van der Waals surface area contributed by atoms with Crippen LogP contribution in [0.25, 0.3) is 0 Å². The average Bonchev–Trinajstić information content (AvgIpc) is 2.32. The maximum atomic E-state index is 5.02. The highest BCUT2D eigenvalue weighted by Gasteiger charge is 2.12. The number of anilines is 1. The van der Waals surface area contributed by atoms with E-state index in [2.05, 4.69) is 14.9 Å². The maximum absolute atomic E-state index is 5.02. The predicted molar refractivity (Wildman–Crippen MR) is 58.8 cm³/mol. The molecule has 0 N–H and O–H groups in total. The summed E-state index contributed by atoms with van der Waals surface area (Å²) in [6, 6.07) is 0. The van der Waals surface area contributed by atoms with Crippen LogP contribution in [0.5, 0.6) is 0 Å². The van der Waals surface area contributed by atoms with E-state index in [1.54, 1.807) is 7.11 Å². The van der Waals surface area contributed by atoms with Crippen molar-refractivity contribution in [1.82, 2.24) is 9.97 Å². The Morgan fingerprint density at radius 1 is 1.20 bits per heavy atom. The number of ether oxygens (including phenoxy) is 1. The van der Waals surface area contributed by atoms with Crippen molar-refractivity contribution in [3.8, 4) is 0 Å². The average molecular weight is 207 g/mol. The minimum absolute atomic E-state index is 0.584. The van der Waals surface area contributed by atoms with Crippen molar-refractivity contribution in [2.75, 3.05) is 25.1 Å². The van der Waals surface area contributed by atoms with E-state index in [0.29, 0.717) is 6.61 Å². The van der Waals surface area contributed by atoms with Crippen molar-refractivity contribution in [3.63, 3.8) is 0 Å². The third-order valence-corrected chi connectivity index (χ3v) is 2.64. The molecule has 0 spiro atoms. The number of piperidine rings is 1. The number of methoxy groups -OCH3 is 1. The fraction of sp³-hybridized carbons (Fsp3) is 0.636. The van der Waals surface area contributed by atoms with Crippen LogP contribution in [0.2, 0.25) is 0 Å². The van der Waals surface area contributed by atoms with Crippen LogP contribution in [0.4, 0.5) is 5.95 Å². The summed E-state index contributed by atoms with van der Waals surface area (Å²) in [7, 11) is 1.68. The van der Waals surface area contributed by atoms with E-state index in [1.165, 1.54) is 19.3 Å². The zero-order valence-corrected chi connectivity index (χ0v) is 9.15. The predicted octanol–water partition coefficient (Wildman–Crippen LogP) is 1.61. The van der Waals surface area contributed by atoms with E-state index in [1.807, 2.05) is 12.4 Å². The Bertz CT molecular complexity index is 293. The zero-order chi connectivity index (χ0) is 10.5. The first-order valence-electron chi connectivity index (χ1n) is 5.45. The molecular formula is C11H17N3O. The van der Waals surface area contributed by atoms with Crippen molar-refractivity contribution in [1.29, 1.82) is 0 Å². The van der Waals surface area contributed by atoms with Gasteiger partial charge in [-0.3, -0.25) is 0 Å². The highest BCUT2D eigenvalue weighted by Crippen LogP contribution is 2.14. The molecule has 1 aromatic heterocycles. The first-order valence-corrected chi connectivity index (χ1v) is 5.45. The highest BCUT2D eigenvalue weighted by molar-refractivity contribution is 5.30. The molecule has 1 aliphatic rings. The van der Waals surface area contributed by atoms with Crippen molar-refractivity contribution in [3.05, 3.63) is 18.0 Å². The molecule has 1 fully saturated rings. The van der Waals surface area contributed by atoms with Crippen LogP contribution in [0.3, 0.4) is 0 Å². The Labute approximate surface area is 90.3 Å². The van der Waals surface area contributed by atoms with Gasteiger partial charge in [-0.25, -0.2) is 9.97 Å². The molecule has 4 nitrogen and oxygen atoms in total. The van der Waals surface area contributed by atoms with E-state index in [4.69, 9.17) is 4.74 Å². The third kappa shape index (κ3) is 2.65. The standard InChI is InChI=1S/C11H17N3O/c1-15-9-10-7-12-11(13-8-10)14-5-3-2-4-6-14/h7-8H,2-6,9H2,1H3. The normalized spacial score (nSPS) is 16.7. The lowest BCUT2D eigenvalue weighted by Gasteiger charge is -2.26. The molecule has 15 heavy (non-hydrogen) atoms. The summed E-state index contributed by atoms with van der Waals surface area (Å²) in [4.78, 5) is 11.0. The number of rotatable bonds is 3. The lowest BCUT2D eigenvalue weighted by molar-refractivity contribution is 0.184. The van der Waals surface area contributed by atoms with Crippen LogP contribution in [-0.2, 0) is 11.3 Å². The molecule has 2 rings (SSSR count). The molecule has 0 aromatic carbocycles. The van der Waals surface area contributed by atoms with Crippen LogP contribution in [0, 0.1) is 0 Å². The molecule has 0 aliphatic carbocycles. The summed E-state index contributed by atoms with van der Waals surface area (Å²) in [6.45, 7) is 2.76. The topological polar surface area (TPSA) is 38.2 Å². The van der Waals surface area contributed by atoms with Gasteiger partial charge in [-0.15, -0.1) is 0 Å². The van der Waals surface area contributed by atoms with Crippen LogP contribution < -0.4 is 4.90 Å². The molecular weight excluding hydrogens is 190 g/mol. The van der Waals surface area contributed by atoms with Crippen molar-refractivity contribution in [2.24, 2.45) is 0 Å². The monoisotopic (exact) mass is 207 g/mol. The second-order valence-electron chi connectivity index (χ2n) is 3.87. The molecule has 1 aromatic rings. The molecule has 1 saturated heterocycles. The quantitative estimate of drug-likeness (QED) is 0.754. The molecule has 0 saturated carbocycles. The van der Waals surface area contributed by atoms with Gasteiger partial charge in [0.15, 0.2) is 0 Å². The smallest absolute Gasteiger partial charge is 0.225 e. The Morgan fingerprint density at radius 3 is 2.47 bits per heavy atom. The van der Waals surface area contributed by atoms with Crippen LogP contribution in [0.15, 0.2) is 12.4 Å². The summed E-state index contributed by atoms with van der Waals surface area (Å²) in [6.07, 6.45) is 7.53. The van der Waals surface area contributed by atoms with E-state index in [-0.39, 0.29) is 0 Å². The molecule has 4 heteroatoms. The fourth-order valence-electron chi connectivity index (χ4n) is 1.85. The number of aromatic nitrogens is 2. The van der Waals surface area contributed by atoms with Crippen molar-refractivity contribution >= 4 is 5.95 Å². The first-order chi connectivity index (χ1) is 7.40. The molecule has 82 valence electrons. The minimum Gasteiger partial charge on any atom is -0.380 e. The Kier molecular flexibility index (Phi) is 3.50. The van der Waals surface area contributed by atoms with Gasteiger partial charge in [0.2, 0.25) is 5.95 Å². The number of hydrogen-bond acceptors (Lipinski definition) is 4. The second-order valence-corrected chi connectivity index (χ2v) is 3.87. The lowest BCUT2D eigenvalue weighted by atomic mass is 10.1. The largest absolute Gasteiger partial charge is 0.380 e. The summed E-state index contributed by atoms with van der Waals surface area (Å²) in [5.74, 6) is 0.856. The van der Waals surface area contributed by atoms with Gasteiger partial charge >= 0.3 is 0 Å². The summed E-state index contributed by atoms with van der Waals surface area (Å²) in [5, 5.41) is 0. The number of nitrogens with zero attached hydrogens (tertiary/aromatic N) is 3. The van der Waals surface area contributed by atoms with Gasteiger partial charge in [0.25, 0.3) is 0 Å². The molecule has 0 amide bonds. The van der Waals surface area contributed by atoms with Crippen LogP contribution >= 0.6 is 0 Å². The van der Waals surface area contributed by atoms with Gasteiger partial charge in [0.05, 0.1) is 6.61 Å². The molecule has 1 aliphatic heterocycles. The van der Waals surface area contributed by atoms with Gasteiger partial charge in [0.1, 0.15) is 0 Å². The third-order valence-electron chi connectivity index (χ3n) is 2.64. The number of hydrogen-bond donors (Lipinski definition) is 0. The van der Waals surface area contributed by atoms with E-state index >= 15 is 0 Å². The van der Waals surface area contributed by atoms with E-state index in [0.717, 1.165) is 24.6 Å². The van der Waals surface area contributed by atoms with E-state index < -0.39 is 0 Å². The van der Waals surface area contributed by atoms with Crippen LogP contribution in [-0.4, -0.2) is 30.2 Å². The van der Waals surface area contributed by atoms with Gasteiger partial charge in [-0.2, -0.15) is 0 Å². The molecule has 0 radical (unpaired) electrons. The Morgan fingerprint density at radius 2 is 1.87 bits per heavy atom. The summed E-state index contributed by atoms with van der Waals surface area (Å²) >= 11 is 0. The Balaban J connectivity index is 2.02. The Hall–Kier alpha value is -1.16. The summed E-state index contributed by atoms with van der Waals surface area (Å²) < 4.78 is 5.02. The second kappa shape index (κ2) is 5.07. The molecule has 0 bridgehead atoms. The van der Waals surface area contributed by atoms with E-state index in [9.17, 15) is 0 Å². The van der Waals surface area contributed by atoms with Gasteiger partial charge in [0, 0.05) is 38.2 Å². The molecule has 2 heterocycles. The first kappa shape index (κ1) is 10.4. The fourth-order valence-corrected chi connectivity index (χ4v) is 1.85. The summed E-state index contributed by atoms with van der Waals surface area (Å²) in [5.41, 5.74) is 1.03. The van der Waals surface area contributed by atoms with Gasteiger partial charge in [-0.05, 0) is 19.3 Å². The SMILES string of the molecule is COCc1cnc(N2CCCCC2)nc1. The van der Waals surface area contributed by atoms with Crippen molar-refractivity contribution in [2.45, 2.75) is 25.9 Å². The zero-order valence-electron chi connectivity index (χ0n) is 9.15. The maximum Gasteiger partial charge on any atom is 0.225 e. The molecule has 0 atom stereocenters. The minimum atomic E-state index is 0.584. The van der Waals surface area contributed by atoms with Gasteiger partial charge < -0.3 is 9.64 Å². The van der Waals surface area contributed by atoms with Crippen molar-refractivity contribution < 1.29 is 4.74 Å². The lowest BCUT2D eigenvalue weighted by Crippen LogP contribution is -2.30. The van der Waals surface area contributed by atoms with Crippen LogP contribution in [0.1, 0.15) is 24.8 Å². The molecule has 0 unspecified atom stereocenters. The highest BCUT2D eigenvalue weighted by atomic mass is 16.5.